The Morgan fingerprint density at radius 1 is 1.33 bits per heavy atom. The van der Waals surface area contributed by atoms with Gasteiger partial charge in [0, 0.05) is 43.1 Å². The maximum atomic E-state index is 12.8. The Balaban J connectivity index is 1.60. The predicted octanol–water partition coefficient (Wildman–Crippen LogP) is 3.04. The molecule has 0 saturated carbocycles. The van der Waals surface area contributed by atoms with E-state index in [1.165, 1.54) is 6.26 Å². The monoisotopic (exact) mass is 385 g/mol. The van der Waals surface area contributed by atoms with Gasteiger partial charge in [-0.3, -0.25) is 14.5 Å². The standard InChI is InChI=1S/C20H20ClN3O3/c1-2-3-18-22-16-6-7-24(10-15(16)20(26)23-18)9-12-11-27-17-5-4-13(21)8-14(17)19(12)25/h4-5,8,11H,2-3,6-7,9-10H2,1H3,(H,22,23,26). The van der Waals surface area contributed by atoms with Crippen LogP contribution in [0.1, 0.15) is 36.0 Å². The summed E-state index contributed by atoms with van der Waals surface area (Å²) in [7, 11) is 0. The number of rotatable bonds is 4. The number of aromatic amines is 1. The van der Waals surface area contributed by atoms with Gasteiger partial charge in [0.2, 0.25) is 0 Å². The molecule has 6 nitrogen and oxygen atoms in total. The first-order valence-electron chi connectivity index (χ1n) is 9.08. The maximum Gasteiger partial charge on any atom is 0.255 e. The maximum absolute atomic E-state index is 12.8. The summed E-state index contributed by atoms with van der Waals surface area (Å²) >= 11 is 6.01. The molecule has 3 heterocycles. The molecule has 0 fully saturated rings. The van der Waals surface area contributed by atoms with Crippen molar-refractivity contribution in [2.24, 2.45) is 0 Å². The van der Waals surface area contributed by atoms with Gasteiger partial charge in [0.15, 0.2) is 5.43 Å². The second kappa shape index (κ2) is 7.29. The lowest BCUT2D eigenvalue weighted by molar-refractivity contribution is 0.239. The zero-order valence-electron chi connectivity index (χ0n) is 15.0. The average molecular weight is 386 g/mol. The van der Waals surface area contributed by atoms with E-state index in [0.717, 1.165) is 30.9 Å². The fourth-order valence-electron chi connectivity index (χ4n) is 3.52. The van der Waals surface area contributed by atoms with Crippen LogP contribution in [0.15, 0.2) is 38.5 Å². The van der Waals surface area contributed by atoms with Crippen molar-refractivity contribution in [2.75, 3.05) is 6.54 Å². The second-order valence-electron chi connectivity index (χ2n) is 6.88. The number of aromatic nitrogens is 2. The van der Waals surface area contributed by atoms with Crippen molar-refractivity contribution in [1.82, 2.24) is 14.9 Å². The minimum Gasteiger partial charge on any atom is -0.464 e. The number of halogens is 1. The van der Waals surface area contributed by atoms with Gasteiger partial charge in [-0.05, 0) is 24.6 Å². The molecule has 1 aromatic carbocycles. The molecule has 0 aliphatic carbocycles. The third kappa shape index (κ3) is 3.55. The lowest BCUT2D eigenvalue weighted by atomic mass is 10.1. The van der Waals surface area contributed by atoms with Crippen molar-refractivity contribution in [3.8, 4) is 0 Å². The number of fused-ring (bicyclic) bond motifs is 2. The van der Waals surface area contributed by atoms with Crippen molar-refractivity contribution in [1.29, 1.82) is 0 Å². The van der Waals surface area contributed by atoms with Gasteiger partial charge in [-0.2, -0.15) is 0 Å². The highest BCUT2D eigenvalue weighted by atomic mass is 35.5. The third-order valence-electron chi connectivity index (χ3n) is 4.88. The lowest BCUT2D eigenvalue weighted by Crippen LogP contribution is -2.36. The molecule has 0 amide bonds. The van der Waals surface area contributed by atoms with Crippen LogP contribution in [0.5, 0.6) is 0 Å². The van der Waals surface area contributed by atoms with Crippen LogP contribution < -0.4 is 11.0 Å². The lowest BCUT2D eigenvalue weighted by Gasteiger charge is -2.27. The summed E-state index contributed by atoms with van der Waals surface area (Å²) in [6, 6.07) is 5.01. The van der Waals surface area contributed by atoms with E-state index in [0.29, 0.717) is 46.6 Å². The van der Waals surface area contributed by atoms with Gasteiger partial charge >= 0.3 is 0 Å². The van der Waals surface area contributed by atoms with E-state index in [-0.39, 0.29) is 11.0 Å². The van der Waals surface area contributed by atoms with Crippen LogP contribution in [0.2, 0.25) is 5.02 Å². The van der Waals surface area contributed by atoms with Crippen molar-refractivity contribution < 1.29 is 4.42 Å². The molecule has 0 radical (unpaired) electrons. The molecule has 0 bridgehead atoms. The van der Waals surface area contributed by atoms with E-state index in [1.54, 1.807) is 18.2 Å². The van der Waals surface area contributed by atoms with Crippen LogP contribution in [-0.2, 0) is 25.9 Å². The van der Waals surface area contributed by atoms with Crippen molar-refractivity contribution >= 4 is 22.6 Å². The van der Waals surface area contributed by atoms with Crippen molar-refractivity contribution in [3.63, 3.8) is 0 Å². The summed E-state index contributed by atoms with van der Waals surface area (Å²) in [5.41, 5.74) is 2.46. The summed E-state index contributed by atoms with van der Waals surface area (Å²) in [6.45, 7) is 3.68. The molecule has 1 aliphatic heterocycles. The minimum atomic E-state index is -0.0881. The number of benzene rings is 1. The molecule has 0 unspecified atom stereocenters. The van der Waals surface area contributed by atoms with Crippen molar-refractivity contribution in [3.05, 3.63) is 72.7 Å². The van der Waals surface area contributed by atoms with Gasteiger partial charge < -0.3 is 9.40 Å². The number of nitrogens with one attached hydrogen (secondary N) is 1. The Bertz CT molecular complexity index is 1120. The molecule has 0 spiro atoms. The molecule has 1 N–H and O–H groups in total. The first kappa shape index (κ1) is 17.9. The van der Waals surface area contributed by atoms with Gasteiger partial charge in [0.25, 0.3) is 5.56 Å². The van der Waals surface area contributed by atoms with Crippen molar-refractivity contribution in [2.45, 2.75) is 39.3 Å². The molecular weight excluding hydrogens is 366 g/mol. The Morgan fingerprint density at radius 3 is 3.00 bits per heavy atom. The molecule has 4 rings (SSSR count). The Morgan fingerprint density at radius 2 is 2.19 bits per heavy atom. The molecule has 2 aromatic heterocycles. The van der Waals surface area contributed by atoms with E-state index >= 15 is 0 Å². The van der Waals surface area contributed by atoms with E-state index < -0.39 is 0 Å². The average Bonchev–Trinajstić information content (AvgIpc) is 2.65. The smallest absolute Gasteiger partial charge is 0.255 e. The zero-order valence-corrected chi connectivity index (χ0v) is 15.8. The fraction of sp³-hybridized carbons (Fsp3) is 0.350. The van der Waals surface area contributed by atoms with E-state index in [4.69, 9.17) is 16.0 Å². The highest BCUT2D eigenvalue weighted by Gasteiger charge is 2.22. The van der Waals surface area contributed by atoms with Gasteiger partial charge in [-0.15, -0.1) is 0 Å². The van der Waals surface area contributed by atoms with E-state index in [1.807, 2.05) is 0 Å². The minimum absolute atomic E-state index is 0.0783. The molecule has 140 valence electrons. The zero-order chi connectivity index (χ0) is 19.0. The van der Waals surface area contributed by atoms with Crippen LogP contribution in [0.4, 0.5) is 0 Å². The number of H-pyrrole nitrogens is 1. The second-order valence-corrected chi connectivity index (χ2v) is 7.32. The Labute approximate surface area is 160 Å². The summed E-state index contributed by atoms with van der Waals surface area (Å²) in [6.07, 6.45) is 3.91. The molecule has 3 aromatic rings. The fourth-order valence-corrected chi connectivity index (χ4v) is 3.69. The molecule has 27 heavy (non-hydrogen) atoms. The van der Waals surface area contributed by atoms with Crippen LogP contribution in [0.3, 0.4) is 0 Å². The largest absolute Gasteiger partial charge is 0.464 e. The summed E-state index contributed by atoms with van der Waals surface area (Å²) < 4.78 is 5.59. The molecule has 0 atom stereocenters. The van der Waals surface area contributed by atoms with Crippen LogP contribution in [-0.4, -0.2) is 21.4 Å². The summed E-state index contributed by atoms with van der Waals surface area (Å²) in [4.78, 5) is 34.7. The molecule has 0 saturated heterocycles. The highest BCUT2D eigenvalue weighted by Crippen LogP contribution is 2.19. The SMILES string of the molecule is CCCc1nc2c(c(=O)[nH]1)CN(Cc1coc3ccc(Cl)cc3c1=O)CC2. The Kier molecular flexibility index (Phi) is 4.85. The number of hydrogen-bond donors (Lipinski definition) is 1. The number of nitrogens with zero attached hydrogens (tertiary/aromatic N) is 2. The number of aryl methyl sites for hydroxylation is 1. The quantitative estimate of drug-likeness (QED) is 0.746. The van der Waals surface area contributed by atoms with Gasteiger partial charge in [0.05, 0.1) is 22.9 Å². The summed E-state index contributed by atoms with van der Waals surface area (Å²) in [5, 5.41) is 0.973. The summed E-state index contributed by atoms with van der Waals surface area (Å²) in [5.74, 6) is 0.752. The van der Waals surface area contributed by atoms with E-state index in [2.05, 4.69) is 21.8 Å². The first-order chi connectivity index (χ1) is 13.0. The molecular formula is C20H20ClN3O3. The van der Waals surface area contributed by atoms with Gasteiger partial charge in [-0.25, -0.2) is 4.98 Å². The first-order valence-corrected chi connectivity index (χ1v) is 9.46. The molecule has 7 heteroatoms. The topological polar surface area (TPSA) is 79.2 Å². The van der Waals surface area contributed by atoms with Gasteiger partial charge in [-0.1, -0.05) is 18.5 Å². The van der Waals surface area contributed by atoms with Crippen LogP contribution in [0, 0.1) is 0 Å². The molecule has 1 aliphatic rings. The third-order valence-corrected chi connectivity index (χ3v) is 5.12. The Hall–Kier alpha value is -2.44. The normalized spacial score (nSPS) is 14.4. The van der Waals surface area contributed by atoms with Crippen LogP contribution >= 0.6 is 11.6 Å². The number of hydrogen-bond acceptors (Lipinski definition) is 5. The predicted molar refractivity (Wildman–Crippen MR) is 104 cm³/mol. The highest BCUT2D eigenvalue weighted by molar-refractivity contribution is 6.31. The van der Waals surface area contributed by atoms with Gasteiger partial charge in [0.1, 0.15) is 11.4 Å². The van der Waals surface area contributed by atoms with Crippen LogP contribution in [0.25, 0.3) is 11.0 Å². The van der Waals surface area contributed by atoms with E-state index in [9.17, 15) is 9.59 Å².